The smallest absolute Gasteiger partial charge is 0.136 e. The average molecular weight is 348 g/mol. The van der Waals surface area contributed by atoms with Gasteiger partial charge in [0.25, 0.3) is 0 Å². The van der Waals surface area contributed by atoms with Crippen LogP contribution in [0, 0.1) is 5.92 Å². The molecule has 136 valence electrons. The fraction of sp³-hybridized carbons (Fsp3) is 0.375. The highest BCUT2D eigenvalue weighted by atomic mass is 16.1. The van der Waals surface area contributed by atoms with Crippen molar-refractivity contribution in [3.05, 3.63) is 84.4 Å². The first-order valence-corrected chi connectivity index (χ1v) is 9.71. The van der Waals surface area contributed by atoms with Crippen LogP contribution in [0.1, 0.15) is 43.2 Å². The van der Waals surface area contributed by atoms with E-state index in [0.29, 0.717) is 18.2 Å². The number of Topliss-reactive ketones (excluding diaryl/α,β-unsaturated/α-hetero) is 1. The van der Waals surface area contributed by atoms with Gasteiger partial charge >= 0.3 is 0 Å². The molecule has 0 spiro atoms. The molecule has 1 aliphatic carbocycles. The van der Waals surface area contributed by atoms with Gasteiger partial charge < -0.3 is 0 Å². The third kappa shape index (κ3) is 5.15. The van der Waals surface area contributed by atoms with E-state index >= 15 is 0 Å². The fourth-order valence-corrected chi connectivity index (χ4v) is 3.72. The van der Waals surface area contributed by atoms with E-state index in [4.69, 9.17) is 0 Å². The molecular weight excluding hydrogens is 318 g/mol. The summed E-state index contributed by atoms with van der Waals surface area (Å²) in [6.45, 7) is 5.62. The second kappa shape index (κ2) is 9.49. The van der Waals surface area contributed by atoms with Crippen LogP contribution in [0.25, 0.3) is 0 Å². The Morgan fingerprint density at radius 2 is 1.50 bits per heavy atom. The summed E-state index contributed by atoms with van der Waals surface area (Å²) in [5.74, 6) is 0.710. The Labute approximate surface area is 157 Å². The number of ketones is 1. The van der Waals surface area contributed by atoms with E-state index in [1.54, 1.807) is 0 Å². The number of hydrogen-bond donors (Lipinski definition) is 0. The van der Waals surface area contributed by atoms with Crippen LogP contribution in [0.4, 0.5) is 0 Å². The van der Waals surface area contributed by atoms with Crippen LogP contribution in [0.3, 0.4) is 0 Å². The van der Waals surface area contributed by atoms with Crippen molar-refractivity contribution in [2.75, 3.05) is 0 Å². The van der Waals surface area contributed by atoms with E-state index in [0.717, 1.165) is 38.8 Å². The Bertz CT molecular complexity index is 647. The summed E-state index contributed by atoms with van der Waals surface area (Å²) in [7, 11) is 0. The normalized spacial score (nSPS) is 19.1. The summed E-state index contributed by atoms with van der Waals surface area (Å²) >= 11 is 0. The zero-order chi connectivity index (χ0) is 18.2. The Morgan fingerprint density at radius 1 is 0.962 bits per heavy atom. The second-order valence-electron chi connectivity index (χ2n) is 7.35. The molecule has 0 radical (unpaired) electrons. The van der Waals surface area contributed by atoms with Gasteiger partial charge in [0, 0.05) is 31.5 Å². The van der Waals surface area contributed by atoms with Gasteiger partial charge in [0.05, 0.1) is 0 Å². The van der Waals surface area contributed by atoms with E-state index in [1.807, 2.05) is 6.08 Å². The van der Waals surface area contributed by atoms with Crippen LogP contribution >= 0.6 is 0 Å². The molecule has 0 heterocycles. The Morgan fingerprint density at radius 3 is 2.00 bits per heavy atom. The van der Waals surface area contributed by atoms with Gasteiger partial charge in [0.2, 0.25) is 0 Å². The monoisotopic (exact) mass is 347 g/mol. The maximum atomic E-state index is 12.3. The zero-order valence-corrected chi connectivity index (χ0v) is 15.5. The van der Waals surface area contributed by atoms with Gasteiger partial charge in [-0.1, -0.05) is 66.7 Å². The number of carbonyl (C=O) groups excluding carboxylic acids is 1. The fourth-order valence-electron chi connectivity index (χ4n) is 3.72. The van der Waals surface area contributed by atoms with E-state index in [9.17, 15) is 4.79 Å². The third-order valence-electron chi connectivity index (χ3n) is 5.37. The van der Waals surface area contributed by atoms with Gasteiger partial charge in [-0.3, -0.25) is 9.69 Å². The lowest BCUT2D eigenvalue weighted by atomic mass is 9.75. The Kier molecular flexibility index (Phi) is 6.79. The maximum absolute atomic E-state index is 12.3. The van der Waals surface area contributed by atoms with E-state index in [-0.39, 0.29) is 5.92 Å². The maximum Gasteiger partial charge on any atom is 0.136 e. The van der Waals surface area contributed by atoms with Gasteiger partial charge in [0.1, 0.15) is 5.78 Å². The lowest BCUT2D eigenvalue weighted by molar-refractivity contribution is -0.127. The van der Waals surface area contributed by atoms with Gasteiger partial charge in [-0.15, -0.1) is 6.58 Å². The van der Waals surface area contributed by atoms with Crippen molar-refractivity contribution in [2.45, 2.75) is 51.2 Å². The molecule has 2 heteroatoms. The minimum atomic E-state index is 0.263. The summed E-state index contributed by atoms with van der Waals surface area (Å²) in [6.07, 6.45) is 6.51. The summed E-state index contributed by atoms with van der Waals surface area (Å²) in [6, 6.07) is 21.8. The minimum absolute atomic E-state index is 0.263. The molecule has 0 bridgehead atoms. The molecule has 2 aromatic rings. The SMILES string of the molecule is C=CCCCC(=O)C1CC(N(Cc2ccccc2)Cc2ccccc2)C1. The lowest BCUT2D eigenvalue weighted by Gasteiger charge is -2.42. The van der Waals surface area contributed by atoms with E-state index in [1.165, 1.54) is 11.1 Å². The average Bonchev–Trinajstić information content (AvgIpc) is 2.62. The molecule has 2 nitrogen and oxygen atoms in total. The van der Waals surface area contributed by atoms with Crippen molar-refractivity contribution in [2.24, 2.45) is 5.92 Å². The first kappa shape index (κ1) is 18.6. The number of rotatable bonds is 10. The number of benzene rings is 2. The summed E-state index contributed by atoms with van der Waals surface area (Å²) in [4.78, 5) is 14.9. The first-order valence-electron chi connectivity index (χ1n) is 9.71. The van der Waals surface area contributed by atoms with Crippen LogP contribution in [0.15, 0.2) is 73.3 Å². The zero-order valence-electron chi connectivity index (χ0n) is 15.5. The van der Waals surface area contributed by atoms with E-state index < -0.39 is 0 Å². The largest absolute Gasteiger partial charge is 0.299 e. The van der Waals surface area contributed by atoms with Gasteiger partial charge in [-0.2, -0.15) is 0 Å². The number of nitrogens with zero attached hydrogens (tertiary/aromatic N) is 1. The Balaban J connectivity index is 1.59. The van der Waals surface area contributed by atoms with Crippen LogP contribution < -0.4 is 0 Å². The van der Waals surface area contributed by atoms with Crippen molar-refractivity contribution in [3.8, 4) is 0 Å². The molecule has 0 N–H and O–H groups in total. The molecular formula is C24H29NO. The molecule has 1 aliphatic rings. The highest BCUT2D eigenvalue weighted by Crippen LogP contribution is 2.35. The topological polar surface area (TPSA) is 20.3 Å². The summed E-state index contributed by atoms with van der Waals surface area (Å²) < 4.78 is 0. The number of unbranched alkanes of at least 4 members (excludes halogenated alkanes) is 1. The molecule has 0 aliphatic heterocycles. The van der Waals surface area contributed by atoms with Gasteiger partial charge in [0.15, 0.2) is 0 Å². The molecule has 0 amide bonds. The number of carbonyl (C=O) groups is 1. The molecule has 2 aromatic carbocycles. The predicted octanol–water partition coefficient (Wildman–Crippen LogP) is 5.39. The van der Waals surface area contributed by atoms with Crippen LogP contribution in [-0.2, 0) is 17.9 Å². The van der Waals surface area contributed by atoms with Gasteiger partial charge in [-0.25, -0.2) is 0 Å². The second-order valence-corrected chi connectivity index (χ2v) is 7.35. The molecule has 0 saturated heterocycles. The van der Waals surface area contributed by atoms with E-state index in [2.05, 4.69) is 72.1 Å². The number of hydrogen-bond acceptors (Lipinski definition) is 2. The van der Waals surface area contributed by atoms with Crippen LogP contribution in [-0.4, -0.2) is 16.7 Å². The molecule has 0 aromatic heterocycles. The third-order valence-corrected chi connectivity index (χ3v) is 5.37. The molecule has 26 heavy (non-hydrogen) atoms. The van der Waals surface area contributed by atoms with Crippen molar-refractivity contribution < 1.29 is 4.79 Å². The molecule has 1 saturated carbocycles. The van der Waals surface area contributed by atoms with Crippen LogP contribution in [0.5, 0.6) is 0 Å². The quantitative estimate of drug-likeness (QED) is 0.424. The van der Waals surface area contributed by atoms with Crippen molar-refractivity contribution in [3.63, 3.8) is 0 Å². The first-order chi connectivity index (χ1) is 12.8. The Hall–Kier alpha value is -2.19. The summed E-state index contributed by atoms with van der Waals surface area (Å²) in [5, 5.41) is 0. The predicted molar refractivity (Wildman–Crippen MR) is 108 cm³/mol. The van der Waals surface area contributed by atoms with Crippen molar-refractivity contribution in [1.29, 1.82) is 0 Å². The summed E-state index contributed by atoms with van der Waals surface area (Å²) in [5.41, 5.74) is 2.67. The molecule has 1 fully saturated rings. The standard InChI is InChI=1S/C24H29NO/c1-2-3-6-15-24(26)22-16-23(17-22)25(18-20-11-7-4-8-12-20)19-21-13-9-5-10-14-21/h2,4-5,7-14,22-23H,1,3,6,15-19H2. The lowest BCUT2D eigenvalue weighted by Crippen LogP contribution is -2.46. The molecule has 0 unspecified atom stereocenters. The van der Waals surface area contributed by atoms with Gasteiger partial charge in [-0.05, 0) is 36.8 Å². The molecule has 0 atom stereocenters. The van der Waals surface area contributed by atoms with Crippen LogP contribution in [0.2, 0.25) is 0 Å². The van der Waals surface area contributed by atoms with Crippen molar-refractivity contribution >= 4 is 5.78 Å². The molecule has 3 rings (SSSR count). The minimum Gasteiger partial charge on any atom is -0.299 e. The highest BCUT2D eigenvalue weighted by molar-refractivity contribution is 5.82. The number of allylic oxidation sites excluding steroid dienone is 1. The van der Waals surface area contributed by atoms with Crippen molar-refractivity contribution in [1.82, 2.24) is 4.90 Å². The highest BCUT2D eigenvalue weighted by Gasteiger charge is 2.37.